The number of carbonyl (C=O) groups is 1. The average molecular weight is 380 g/mol. The Kier molecular flexibility index (Phi) is 5.10. The second kappa shape index (κ2) is 7.84. The smallest absolute Gasteiger partial charge is 0.341 e. The van der Waals surface area contributed by atoms with Gasteiger partial charge in [0.2, 0.25) is 5.91 Å². The third-order valence-corrected chi connectivity index (χ3v) is 5.39. The number of H-pyrrole nitrogens is 1. The Morgan fingerprint density at radius 1 is 1.21 bits per heavy atom. The summed E-state index contributed by atoms with van der Waals surface area (Å²) in [5, 5.41) is 10.9. The lowest BCUT2D eigenvalue weighted by atomic mass is 9.93. The monoisotopic (exact) mass is 380 g/mol. The Morgan fingerprint density at radius 3 is 2.71 bits per heavy atom. The molecule has 8 heteroatoms. The third-order valence-electron chi connectivity index (χ3n) is 5.39. The lowest BCUT2D eigenvalue weighted by molar-refractivity contribution is -0.133. The van der Waals surface area contributed by atoms with Crippen LogP contribution in [0.3, 0.4) is 0 Å². The number of hydrogen-bond donors (Lipinski definition) is 1. The van der Waals surface area contributed by atoms with Gasteiger partial charge in [-0.05, 0) is 43.4 Å². The van der Waals surface area contributed by atoms with Crippen LogP contribution < -0.4 is 5.69 Å². The fourth-order valence-electron chi connectivity index (χ4n) is 3.81. The van der Waals surface area contributed by atoms with Crippen molar-refractivity contribution in [3.63, 3.8) is 0 Å². The molecular weight excluding hydrogens is 356 g/mol. The van der Waals surface area contributed by atoms with Gasteiger partial charge in [0.15, 0.2) is 0 Å². The van der Waals surface area contributed by atoms with Crippen molar-refractivity contribution in [2.24, 2.45) is 5.92 Å². The van der Waals surface area contributed by atoms with E-state index < -0.39 is 0 Å². The minimum atomic E-state index is -0.212. The summed E-state index contributed by atoms with van der Waals surface area (Å²) in [7, 11) is 0. The minimum Gasteiger partial charge on any atom is -0.341 e. The van der Waals surface area contributed by atoms with Crippen LogP contribution in [0.25, 0.3) is 5.69 Å². The Labute approximate surface area is 162 Å². The zero-order valence-electron chi connectivity index (χ0n) is 15.9. The van der Waals surface area contributed by atoms with Gasteiger partial charge in [0.25, 0.3) is 0 Å². The fraction of sp³-hybridized carbons (Fsp3) is 0.400. The number of hydrogen-bond acceptors (Lipinski definition) is 4. The summed E-state index contributed by atoms with van der Waals surface area (Å²) < 4.78 is 3.32. The van der Waals surface area contributed by atoms with Gasteiger partial charge in [-0.1, -0.05) is 18.2 Å². The van der Waals surface area contributed by atoms with E-state index in [0.29, 0.717) is 12.3 Å². The Morgan fingerprint density at radius 2 is 2.00 bits per heavy atom. The molecule has 0 unspecified atom stereocenters. The summed E-state index contributed by atoms with van der Waals surface area (Å²) in [5.74, 6) is 1.24. The molecule has 0 bridgehead atoms. The Balaban J connectivity index is 1.40. The number of aromatic nitrogens is 5. The number of carbonyl (C=O) groups excluding carboxylic acids is 1. The number of nitrogens with one attached hydrogen (secondary N) is 1. The van der Waals surface area contributed by atoms with Crippen molar-refractivity contribution in [2.45, 2.75) is 32.7 Å². The van der Waals surface area contributed by atoms with E-state index in [1.165, 1.54) is 0 Å². The largest absolute Gasteiger partial charge is 0.347 e. The third kappa shape index (κ3) is 3.76. The molecule has 146 valence electrons. The number of benzene rings is 1. The van der Waals surface area contributed by atoms with Crippen LogP contribution in [0.4, 0.5) is 0 Å². The van der Waals surface area contributed by atoms with E-state index in [0.717, 1.165) is 43.0 Å². The van der Waals surface area contributed by atoms with Gasteiger partial charge in [0.1, 0.15) is 12.4 Å². The van der Waals surface area contributed by atoms with E-state index in [-0.39, 0.29) is 18.1 Å². The van der Waals surface area contributed by atoms with Gasteiger partial charge in [-0.2, -0.15) is 10.2 Å². The van der Waals surface area contributed by atoms with Crippen molar-refractivity contribution in [3.05, 3.63) is 64.6 Å². The molecule has 0 atom stereocenters. The highest BCUT2D eigenvalue weighted by atomic mass is 16.2. The Bertz CT molecular complexity index is 996. The summed E-state index contributed by atoms with van der Waals surface area (Å²) in [4.78, 5) is 26.6. The highest BCUT2D eigenvalue weighted by Gasteiger charge is 2.25. The van der Waals surface area contributed by atoms with Crippen LogP contribution in [0.5, 0.6) is 0 Å². The zero-order chi connectivity index (χ0) is 19.5. The molecule has 3 heterocycles. The van der Waals surface area contributed by atoms with Crippen LogP contribution in [0.2, 0.25) is 0 Å². The average Bonchev–Trinajstić information content (AvgIpc) is 3.33. The Hall–Kier alpha value is -3.16. The maximum absolute atomic E-state index is 12.4. The van der Waals surface area contributed by atoms with Crippen LogP contribution in [-0.4, -0.2) is 48.4 Å². The highest BCUT2D eigenvalue weighted by Crippen LogP contribution is 2.22. The molecule has 0 aliphatic carbocycles. The molecule has 1 N–H and O–H groups in total. The molecule has 1 aromatic carbocycles. The topological polar surface area (TPSA) is 88.8 Å². The summed E-state index contributed by atoms with van der Waals surface area (Å²) in [6.07, 6.45) is 6.00. The van der Waals surface area contributed by atoms with Gasteiger partial charge in [-0.15, -0.1) is 0 Å². The van der Waals surface area contributed by atoms with E-state index in [4.69, 9.17) is 0 Å². The van der Waals surface area contributed by atoms with E-state index in [2.05, 4.69) is 15.3 Å². The fourth-order valence-corrected chi connectivity index (χ4v) is 3.81. The maximum Gasteiger partial charge on any atom is 0.347 e. The predicted molar refractivity (Wildman–Crippen MR) is 104 cm³/mol. The normalized spacial score (nSPS) is 15.1. The van der Waals surface area contributed by atoms with Crippen molar-refractivity contribution in [3.8, 4) is 5.69 Å². The summed E-state index contributed by atoms with van der Waals surface area (Å²) in [6, 6.07) is 9.63. The first-order chi connectivity index (χ1) is 13.6. The molecule has 2 aromatic heterocycles. The van der Waals surface area contributed by atoms with Crippen molar-refractivity contribution >= 4 is 5.91 Å². The summed E-state index contributed by atoms with van der Waals surface area (Å²) in [5.41, 5.74) is 1.69. The lowest BCUT2D eigenvalue weighted by Crippen LogP contribution is -2.40. The molecule has 1 aliphatic rings. The van der Waals surface area contributed by atoms with Gasteiger partial charge in [-0.25, -0.2) is 14.5 Å². The standard InChI is InChI=1S/C20H24N6O2/c1-15-5-2-3-6-17(15)26-18(22-23-20(26)28)13-16-7-11-24(12-8-16)19(27)14-25-10-4-9-21-25/h2-6,9-10,16H,7-8,11-14H2,1H3,(H,23,28). The number of likely N-dealkylation sites (tertiary alicyclic amines) is 1. The molecule has 8 nitrogen and oxygen atoms in total. The highest BCUT2D eigenvalue weighted by molar-refractivity contribution is 5.75. The maximum atomic E-state index is 12.4. The molecule has 4 rings (SSSR count). The molecule has 0 saturated carbocycles. The van der Waals surface area contributed by atoms with Crippen molar-refractivity contribution in [2.75, 3.05) is 13.1 Å². The van der Waals surface area contributed by atoms with Crippen LogP contribution in [0.15, 0.2) is 47.5 Å². The molecule has 28 heavy (non-hydrogen) atoms. The van der Waals surface area contributed by atoms with Crippen LogP contribution >= 0.6 is 0 Å². The lowest BCUT2D eigenvalue weighted by Gasteiger charge is -2.32. The quantitative estimate of drug-likeness (QED) is 0.727. The predicted octanol–water partition coefficient (Wildman–Crippen LogP) is 1.55. The number of amides is 1. The molecule has 1 fully saturated rings. The zero-order valence-corrected chi connectivity index (χ0v) is 15.9. The number of para-hydroxylation sites is 1. The number of aryl methyl sites for hydroxylation is 1. The van der Waals surface area contributed by atoms with Gasteiger partial charge in [0.05, 0.1) is 5.69 Å². The number of nitrogens with zero attached hydrogens (tertiary/aromatic N) is 5. The van der Waals surface area contributed by atoms with Gasteiger partial charge >= 0.3 is 5.69 Å². The first-order valence-corrected chi connectivity index (χ1v) is 9.59. The SMILES string of the molecule is Cc1ccccc1-n1c(CC2CCN(C(=O)Cn3cccn3)CC2)n[nH]c1=O. The number of aromatic amines is 1. The van der Waals surface area contributed by atoms with Crippen molar-refractivity contribution in [1.29, 1.82) is 0 Å². The summed E-state index contributed by atoms with van der Waals surface area (Å²) >= 11 is 0. The molecule has 0 radical (unpaired) electrons. The van der Waals surface area contributed by atoms with Crippen molar-refractivity contribution in [1.82, 2.24) is 29.4 Å². The van der Waals surface area contributed by atoms with Crippen LogP contribution in [0.1, 0.15) is 24.2 Å². The van der Waals surface area contributed by atoms with Gasteiger partial charge in [0, 0.05) is 31.9 Å². The molecule has 0 spiro atoms. The minimum absolute atomic E-state index is 0.0961. The molecule has 1 amide bonds. The van der Waals surface area contributed by atoms with Crippen LogP contribution in [0, 0.1) is 12.8 Å². The van der Waals surface area contributed by atoms with E-state index in [1.54, 1.807) is 21.6 Å². The summed E-state index contributed by atoms with van der Waals surface area (Å²) in [6.45, 7) is 3.72. The van der Waals surface area contributed by atoms with Crippen molar-refractivity contribution < 1.29 is 4.79 Å². The van der Waals surface area contributed by atoms with E-state index in [1.807, 2.05) is 42.2 Å². The van der Waals surface area contributed by atoms with Gasteiger partial charge in [-0.3, -0.25) is 9.48 Å². The number of piperidine rings is 1. The van der Waals surface area contributed by atoms with E-state index >= 15 is 0 Å². The first kappa shape index (κ1) is 18.2. The molecule has 1 saturated heterocycles. The molecule has 3 aromatic rings. The van der Waals surface area contributed by atoms with Crippen LogP contribution in [-0.2, 0) is 17.8 Å². The number of rotatable bonds is 5. The second-order valence-electron chi connectivity index (χ2n) is 7.30. The molecule has 1 aliphatic heterocycles. The van der Waals surface area contributed by atoms with Gasteiger partial charge < -0.3 is 4.90 Å². The first-order valence-electron chi connectivity index (χ1n) is 9.59. The second-order valence-corrected chi connectivity index (χ2v) is 7.30. The molecular formula is C20H24N6O2. The van der Waals surface area contributed by atoms with E-state index in [9.17, 15) is 9.59 Å².